The molecule has 0 aromatic carbocycles. The Morgan fingerprint density at radius 2 is 1.67 bits per heavy atom. The molecule has 140 valence electrons. The molecule has 1 N–H and O–H groups in total. The summed E-state index contributed by atoms with van der Waals surface area (Å²) in [7, 11) is 0. The molecule has 6 heteroatoms. The lowest BCUT2D eigenvalue weighted by molar-refractivity contribution is -0.130. The van der Waals surface area contributed by atoms with E-state index in [2.05, 4.69) is 29.1 Å². The zero-order valence-electron chi connectivity index (χ0n) is 16.0. The summed E-state index contributed by atoms with van der Waals surface area (Å²) in [6.07, 6.45) is 8.44. The van der Waals surface area contributed by atoms with Gasteiger partial charge in [-0.05, 0) is 31.1 Å². The average molecular weight is 363 g/mol. The number of hydrogen-bond acceptors (Lipinski definition) is 5. The Balaban J connectivity index is 1.76. The second kappa shape index (κ2) is 6.30. The minimum absolute atomic E-state index is 0.0289. The van der Waals surface area contributed by atoms with Crippen molar-refractivity contribution in [2.24, 2.45) is 5.41 Å². The molecule has 3 aliphatic carbocycles. The van der Waals surface area contributed by atoms with E-state index in [0.29, 0.717) is 5.69 Å². The first-order valence-corrected chi connectivity index (χ1v) is 9.99. The van der Waals surface area contributed by atoms with Gasteiger partial charge in [-0.2, -0.15) is 10.5 Å². The number of nitrogens with zero attached hydrogens (tertiary/aromatic N) is 4. The third-order valence-corrected chi connectivity index (χ3v) is 7.23. The molecule has 0 spiro atoms. The molecule has 2 saturated carbocycles. The number of carbonyl (C=O) groups is 1. The van der Waals surface area contributed by atoms with Crippen molar-refractivity contribution in [3.63, 3.8) is 0 Å². The molecule has 6 nitrogen and oxygen atoms in total. The smallest absolute Gasteiger partial charge is 0.233 e. The maximum atomic E-state index is 13.6. The predicted molar refractivity (Wildman–Crippen MR) is 98.5 cm³/mol. The summed E-state index contributed by atoms with van der Waals surface area (Å²) in [4.78, 5) is 22.6. The molecular weight excluding hydrogens is 338 g/mol. The van der Waals surface area contributed by atoms with Gasteiger partial charge in [-0.3, -0.25) is 4.79 Å². The summed E-state index contributed by atoms with van der Waals surface area (Å²) in [5.74, 6) is 0.128. The molecule has 2 bridgehead atoms. The fraction of sp³-hybridized carbons (Fsp3) is 0.667. The van der Waals surface area contributed by atoms with E-state index in [-0.39, 0.29) is 34.7 Å². The summed E-state index contributed by atoms with van der Waals surface area (Å²) in [5.41, 5.74) is 0.389. The molecule has 4 rings (SSSR count). The van der Waals surface area contributed by atoms with Crippen molar-refractivity contribution >= 4 is 5.91 Å². The second-order valence-electron chi connectivity index (χ2n) is 8.76. The molecule has 0 aliphatic heterocycles. The SMILES string of the molecule is CC1(C)[C@H]2CC[C@@]1(C(=O)NC1CCCCCC1)c1nc(C#N)c(C#N)nc12. The van der Waals surface area contributed by atoms with E-state index in [1.54, 1.807) is 0 Å². The minimum Gasteiger partial charge on any atom is -0.353 e. The van der Waals surface area contributed by atoms with Crippen LogP contribution in [0.5, 0.6) is 0 Å². The standard InChI is InChI=1S/C21H25N5O/c1-20(2)14-9-10-21(20,19(27)24-13-7-5-3-4-6-8-13)18-17(14)25-15(11-22)16(12-23)26-18/h13-14H,3-10H2,1-2H3,(H,24,27)/t14-,21-/m0/s1. The van der Waals surface area contributed by atoms with E-state index in [1.807, 2.05) is 12.1 Å². The number of nitriles is 2. The molecule has 0 radical (unpaired) electrons. The van der Waals surface area contributed by atoms with E-state index < -0.39 is 5.41 Å². The number of fused-ring (bicyclic) bond motifs is 5. The maximum absolute atomic E-state index is 13.6. The Morgan fingerprint density at radius 1 is 1.04 bits per heavy atom. The molecular formula is C21H25N5O. The van der Waals surface area contributed by atoms with Crippen molar-refractivity contribution in [1.82, 2.24) is 15.3 Å². The first-order valence-electron chi connectivity index (χ1n) is 9.99. The molecule has 3 aliphatic rings. The Morgan fingerprint density at radius 3 is 2.30 bits per heavy atom. The second-order valence-corrected chi connectivity index (χ2v) is 8.76. The number of aromatic nitrogens is 2. The number of hydrogen-bond donors (Lipinski definition) is 1. The highest BCUT2D eigenvalue weighted by Crippen LogP contribution is 2.67. The quantitative estimate of drug-likeness (QED) is 0.813. The summed E-state index contributed by atoms with van der Waals surface area (Å²) in [5, 5.41) is 22.0. The normalized spacial score (nSPS) is 28.7. The molecule has 0 saturated heterocycles. The lowest BCUT2D eigenvalue weighted by atomic mass is 9.67. The van der Waals surface area contributed by atoms with Crippen molar-refractivity contribution < 1.29 is 4.79 Å². The van der Waals surface area contributed by atoms with Crippen molar-refractivity contribution in [1.29, 1.82) is 10.5 Å². The molecule has 0 unspecified atom stereocenters. The average Bonchev–Trinajstić information content (AvgIpc) is 2.89. The van der Waals surface area contributed by atoms with Crippen LogP contribution in [0.2, 0.25) is 0 Å². The largest absolute Gasteiger partial charge is 0.353 e. The van der Waals surface area contributed by atoms with Gasteiger partial charge in [-0.1, -0.05) is 39.5 Å². The van der Waals surface area contributed by atoms with Crippen LogP contribution in [0.1, 0.15) is 93.9 Å². The van der Waals surface area contributed by atoms with Gasteiger partial charge in [0.1, 0.15) is 12.1 Å². The number of rotatable bonds is 2. The van der Waals surface area contributed by atoms with Crippen LogP contribution in [0.3, 0.4) is 0 Å². The Bertz CT molecular complexity index is 870. The van der Waals surface area contributed by atoms with Crippen molar-refractivity contribution in [3.05, 3.63) is 22.8 Å². The van der Waals surface area contributed by atoms with Gasteiger partial charge in [-0.25, -0.2) is 9.97 Å². The topological polar surface area (TPSA) is 102 Å². The van der Waals surface area contributed by atoms with Crippen LogP contribution in [0.4, 0.5) is 0 Å². The van der Waals surface area contributed by atoms with E-state index in [1.165, 1.54) is 12.8 Å². The number of amides is 1. The van der Waals surface area contributed by atoms with Crippen LogP contribution in [-0.2, 0) is 10.2 Å². The third-order valence-electron chi connectivity index (χ3n) is 7.23. The van der Waals surface area contributed by atoms with Gasteiger partial charge in [-0.15, -0.1) is 0 Å². The van der Waals surface area contributed by atoms with Gasteiger partial charge in [0.05, 0.1) is 16.8 Å². The van der Waals surface area contributed by atoms with Gasteiger partial charge < -0.3 is 5.32 Å². The van der Waals surface area contributed by atoms with Crippen LogP contribution in [0, 0.1) is 28.1 Å². The zero-order valence-corrected chi connectivity index (χ0v) is 16.0. The Hall–Kier alpha value is -2.47. The van der Waals surface area contributed by atoms with Gasteiger partial charge in [0.15, 0.2) is 11.4 Å². The van der Waals surface area contributed by atoms with Crippen LogP contribution in [-0.4, -0.2) is 21.9 Å². The van der Waals surface area contributed by atoms with Crippen LogP contribution in [0.25, 0.3) is 0 Å². The lowest BCUT2D eigenvalue weighted by Gasteiger charge is -2.37. The Kier molecular flexibility index (Phi) is 4.18. The molecule has 2 fully saturated rings. The van der Waals surface area contributed by atoms with Gasteiger partial charge in [0, 0.05) is 12.0 Å². The summed E-state index contributed by atoms with van der Waals surface area (Å²) < 4.78 is 0. The van der Waals surface area contributed by atoms with E-state index in [4.69, 9.17) is 0 Å². The van der Waals surface area contributed by atoms with E-state index in [9.17, 15) is 15.3 Å². The lowest BCUT2D eigenvalue weighted by Crippen LogP contribution is -2.52. The van der Waals surface area contributed by atoms with E-state index >= 15 is 0 Å². The summed E-state index contributed by atoms with van der Waals surface area (Å²) >= 11 is 0. The fourth-order valence-electron chi connectivity index (χ4n) is 5.65. The van der Waals surface area contributed by atoms with Crippen molar-refractivity contribution in [3.8, 4) is 12.1 Å². The fourth-order valence-corrected chi connectivity index (χ4v) is 5.65. The number of carbonyl (C=O) groups excluding carboxylic acids is 1. The summed E-state index contributed by atoms with van der Waals surface area (Å²) in [6, 6.07) is 4.18. The minimum atomic E-state index is -0.758. The maximum Gasteiger partial charge on any atom is 0.233 e. The molecule has 1 aromatic rings. The highest BCUT2D eigenvalue weighted by molar-refractivity contribution is 5.91. The first-order chi connectivity index (χ1) is 13.0. The third kappa shape index (κ3) is 2.39. The van der Waals surface area contributed by atoms with Crippen LogP contribution in [0.15, 0.2) is 0 Å². The zero-order chi connectivity index (χ0) is 19.2. The van der Waals surface area contributed by atoms with Gasteiger partial charge >= 0.3 is 0 Å². The van der Waals surface area contributed by atoms with Gasteiger partial charge in [0.25, 0.3) is 0 Å². The monoisotopic (exact) mass is 363 g/mol. The van der Waals surface area contributed by atoms with Crippen molar-refractivity contribution in [2.75, 3.05) is 0 Å². The predicted octanol–water partition coefficient (Wildman–Crippen LogP) is 3.21. The summed E-state index contributed by atoms with van der Waals surface area (Å²) in [6.45, 7) is 4.22. The molecule has 1 aromatic heterocycles. The van der Waals surface area contributed by atoms with Crippen molar-refractivity contribution in [2.45, 2.75) is 82.6 Å². The molecule has 1 amide bonds. The highest BCUT2D eigenvalue weighted by atomic mass is 16.2. The van der Waals surface area contributed by atoms with Crippen LogP contribution < -0.4 is 5.32 Å². The molecule has 1 heterocycles. The molecule has 27 heavy (non-hydrogen) atoms. The number of nitrogens with one attached hydrogen (secondary N) is 1. The van der Waals surface area contributed by atoms with E-state index in [0.717, 1.165) is 44.2 Å². The Labute approximate surface area is 160 Å². The van der Waals surface area contributed by atoms with Crippen LogP contribution >= 0.6 is 0 Å². The highest BCUT2D eigenvalue weighted by Gasteiger charge is 2.68. The first kappa shape index (κ1) is 17.9. The van der Waals surface area contributed by atoms with Gasteiger partial charge in [0.2, 0.25) is 5.91 Å². The molecule has 2 atom stereocenters.